The second-order valence-electron chi connectivity index (χ2n) is 6.27. The van der Waals surface area contributed by atoms with Gasteiger partial charge in [0.25, 0.3) is 0 Å². The summed E-state index contributed by atoms with van der Waals surface area (Å²) in [4.78, 5) is 13.0. The highest BCUT2D eigenvalue weighted by Gasteiger charge is 2.39. The quantitative estimate of drug-likeness (QED) is 0.762. The van der Waals surface area contributed by atoms with E-state index in [2.05, 4.69) is 4.74 Å². The number of esters is 1. The molecular weight excluding hydrogens is 331 g/mol. The molecule has 0 saturated carbocycles. The molecule has 2 saturated heterocycles. The molecule has 0 spiro atoms. The minimum Gasteiger partial charge on any atom is -0.469 e. The molecular formula is C15H24F3NO5. The zero-order valence-electron chi connectivity index (χ0n) is 13.6. The van der Waals surface area contributed by atoms with Gasteiger partial charge < -0.3 is 19.3 Å². The van der Waals surface area contributed by atoms with Gasteiger partial charge in [-0.25, -0.2) is 0 Å². The van der Waals surface area contributed by atoms with E-state index < -0.39 is 24.8 Å². The van der Waals surface area contributed by atoms with Gasteiger partial charge in [0.15, 0.2) is 0 Å². The molecule has 0 aromatic heterocycles. The number of hydrogen-bond donors (Lipinski definition) is 1. The van der Waals surface area contributed by atoms with Crippen LogP contribution in [0.15, 0.2) is 0 Å². The van der Waals surface area contributed by atoms with E-state index in [9.17, 15) is 23.1 Å². The van der Waals surface area contributed by atoms with Crippen LogP contribution < -0.4 is 0 Å². The fourth-order valence-electron chi connectivity index (χ4n) is 3.24. The number of aliphatic hydroxyl groups excluding tert-OH is 1. The predicted octanol–water partition coefficient (Wildman–Crippen LogP) is 1.11. The number of aliphatic hydroxyl groups is 1. The van der Waals surface area contributed by atoms with Crippen LogP contribution in [0.25, 0.3) is 0 Å². The molecule has 6 nitrogen and oxygen atoms in total. The van der Waals surface area contributed by atoms with Crippen LogP contribution in [0.2, 0.25) is 0 Å². The van der Waals surface area contributed by atoms with Crippen molar-refractivity contribution in [3.8, 4) is 0 Å². The molecule has 2 rings (SSSR count). The Bertz CT molecular complexity index is 420. The lowest BCUT2D eigenvalue weighted by atomic mass is 9.94. The van der Waals surface area contributed by atoms with E-state index >= 15 is 0 Å². The van der Waals surface area contributed by atoms with Crippen LogP contribution in [0.3, 0.4) is 0 Å². The molecule has 0 unspecified atom stereocenters. The summed E-state index contributed by atoms with van der Waals surface area (Å²) in [5.74, 6) is -0.380. The number of fused-ring (bicyclic) bond motifs is 1. The van der Waals surface area contributed by atoms with Crippen molar-refractivity contribution in [2.24, 2.45) is 0 Å². The summed E-state index contributed by atoms with van der Waals surface area (Å²) >= 11 is 0. The van der Waals surface area contributed by atoms with E-state index in [0.29, 0.717) is 12.8 Å². The third-order valence-electron chi connectivity index (χ3n) is 4.39. The summed E-state index contributed by atoms with van der Waals surface area (Å²) in [5, 5.41) is 9.86. The number of nitrogens with zero attached hydrogens (tertiary/aromatic N) is 1. The van der Waals surface area contributed by atoms with Crippen molar-refractivity contribution in [2.75, 3.05) is 33.4 Å². The Balaban J connectivity index is 2.01. The molecule has 2 fully saturated rings. The zero-order chi connectivity index (χ0) is 17.7. The molecule has 2 aliphatic rings. The summed E-state index contributed by atoms with van der Waals surface area (Å²) in [6, 6.07) is -0.267. The second-order valence-corrected chi connectivity index (χ2v) is 6.27. The molecule has 0 aromatic carbocycles. The molecule has 140 valence electrons. The Kier molecular flexibility index (Phi) is 6.85. The summed E-state index contributed by atoms with van der Waals surface area (Å²) in [5.41, 5.74) is 0. The predicted molar refractivity (Wildman–Crippen MR) is 77.4 cm³/mol. The average Bonchev–Trinajstić information content (AvgIpc) is 2.49. The highest BCUT2D eigenvalue weighted by atomic mass is 19.4. The number of alkyl halides is 3. The van der Waals surface area contributed by atoms with E-state index in [-0.39, 0.29) is 50.8 Å². The van der Waals surface area contributed by atoms with Crippen molar-refractivity contribution in [1.82, 2.24) is 4.90 Å². The van der Waals surface area contributed by atoms with E-state index in [4.69, 9.17) is 9.47 Å². The maximum Gasteiger partial charge on any atom is 0.390 e. The topological polar surface area (TPSA) is 68.2 Å². The minimum absolute atomic E-state index is 0.0523. The molecule has 1 N–H and O–H groups in total. The number of halogens is 3. The van der Waals surface area contributed by atoms with Crippen LogP contribution >= 0.6 is 0 Å². The number of carbonyl (C=O) groups is 1. The van der Waals surface area contributed by atoms with Crippen LogP contribution in [-0.2, 0) is 19.0 Å². The van der Waals surface area contributed by atoms with Crippen LogP contribution in [-0.4, -0.2) is 79.9 Å². The van der Waals surface area contributed by atoms with Gasteiger partial charge in [0.1, 0.15) is 0 Å². The van der Waals surface area contributed by atoms with Gasteiger partial charge in [-0.1, -0.05) is 0 Å². The summed E-state index contributed by atoms with van der Waals surface area (Å²) < 4.78 is 53.6. The van der Waals surface area contributed by atoms with E-state index in [1.165, 1.54) is 7.11 Å². The zero-order valence-corrected chi connectivity index (χ0v) is 13.6. The van der Waals surface area contributed by atoms with Crippen LogP contribution in [0, 0.1) is 0 Å². The lowest BCUT2D eigenvalue weighted by Crippen LogP contribution is -2.56. The number of carbonyl (C=O) groups excluding carboxylic acids is 1. The van der Waals surface area contributed by atoms with Gasteiger partial charge in [-0.05, 0) is 12.8 Å². The standard InChI is InChI=1S/C15H24F3NO5/c1-22-14(21)6-11-2-3-12-13(24-11)9-23-8-10(20)7-19(12)5-4-15(16,17)18/h10-13,20H,2-9H2,1H3/t10-,11-,12+,13-/m1/s1. The van der Waals surface area contributed by atoms with Gasteiger partial charge in [-0.15, -0.1) is 0 Å². The molecule has 0 bridgehead atoms. The Hall–Kier alpha value is -0.900. The number of ether oxygens (including phenoxy) is 3. The Morgan fingerprint density at radius 2 is 2.08 bits per heavy atom. The molecule has 0 aliphatic carbocycles. The summed E-state index contributed by atoms with van der Waals surface area (Å²) in [7, 11) is 1.30. The first-order valence-corrected chi connectivity index (χ1v) is 8.07. The fourth-order valence-corrected chi connectivity index (χ4v) is 3.24. The first-order valence-electron chi connectivity index (χ1n) is 8.07. The van der Waals surface area contributed by atoms with E-state index in [1.54, 1.807) is 4.90 Å². The van der Waals surface area contributed by atoms with Gasteiger partial charge in [0.05, 0.1) is 51.5 Å². The van der Waals surface area contributed by atoms with Crippen LogP contribution in [0.4, 0.5) is 13.2 Å². The van der Waals surface area contributed by atoms with Gasteiger partial charge in [-0.3, -0.25) is 9.69 Å². The van der Waals surface area contributed by atoms with Crippen LogP contribution in [0.5, 0.6) is 0 Å². The van der Waals surface area contributed by atoms with E-state index in [1.807, 2.05) is 0 Å². The lowest BCUT2D eigenvalue weighted by molar-refractivity contribution is -0.172. The molecule has 0 amide bonds. The van der Waals surface area contributed by atoms with Gasteiger partial charge in [-0.2, -0.15) is 13.2 Å². The van der Waals surface area contributed by atoms with Crippen molar-refractivity contribution in [2.45, 2.75) is 56.2 Å². The van der Waals surface area contributed by atoms with Crippen molar-refractivity contribution < 1.29 is 37.3 Å². The Morgan fingerprint density at radius 1 is 1.33 bits per heavy atom. The molecule has 2 heterocycles. The number of hydrogen-bond acceptors (Lipinski definition) is 6. The number of β-amino-alcohol motifs (C(OH)–C–C–N with tert-alkyl or cyclic N) is 1. The maximum absolute atomic E-state index is 12.6. The van der Waals surface area contributed by atoms with Gasteiger partial charge in [0.2, 0.25) is 0 Å². The summed E-state index contributed by atoms with van der Waals surface area (Å²) in [6.45, 7) is 0.160. The van der Waals surface area contributed by atoms with Crippen LogP contribution in [0.1, 0.15) is 25.7 Å². The maximum atomic E-state index is 12.6. The largest absolute Gasteiger partial charge is 0.469 e. The van der Waals surface area contributed by atoms with Gasteiger partial charge in [0, 0.05) is 19.1 Å². The Morgan fingerprint density at radius 3 is 2.75 bits per heavy atom. The average molecular weight is 355 g/mol. The monoisotopic (exact) mass is 355 g/mol. The molecule has 2 aliphatic heterocycles. The molecule has 4 atom stereocenters. The molecule has 0 radical (unpaired) electrons. The lowest BCUT2D eigenvalue weighted by Gasteiger charge is -2.44. The highest BCUT2D eigenvalue weighted by molar-refractivity contribution is 5.69. The smallest absolute Gasteiger partial charge is 0.390 e. The first-order chi connectivity index (χ1) is 11.3. The van der Waals surface area contributed by atoms with Crippen molar-refractivity contribution in [3.63, 3.8) is 0 Å². The fraction of sp³-hybridized carbons (Fsp3) is 0.933. The van der Waals surface area contributed by atoms with Gasteiger partial charge >= 0.3 is 12.1 Å². The SMILES string of the molecule is COC(=O)C[C@H]1CC[C@H]2[C@@H](COC[C@H](O)CN2CCC(F)(F)F)O1. The number of rotatable bonds is 4. The number of methoxy groups -OCH3 is 1. The Labute approximate surface area is 138 Å². The third-order valence-corrected chi connectivity index (χ3v) is 4.39. The molecule has 0 aromatic rings. The third kappa shape index (κ3) is 5.87. The normalized spacial score (nSPS) is 32.5. The summed E-state index contributed by atoms with van der Waals surface area (Å²) in [6.07, 6.45) is -5.50. The molecule has 24 heavy (non-hydrogen) atoms. The molecule has 9 heteroatoms. The van der Waals surface area contributed by atoms with Crippen molar-refractivity contribution >= 4 is 5.97 Å². The minimum atomic E-state index is -4.25. The highest BCUT2D eigenvalue weighted by Crippen LogP contribution is 2.29. The van der Waals surface area contributed by atoms with Crippen molar-refractivity contribution in [1.29, 1.82) is 0 Å². The van der Waals surface area contributed by atoms with Crippen molar-refractivity contribution in [3.05, 3.63) is 0 Å². The second kappa shape index (κ2) is 8.46. The van der Waals surface area contributed by atoms with E-state index in [0.717, 1.165) is 0 Å². The first kappa shape index (κ1) is 19.4.